The van der Waals surface area contributed by atoms with Crippen molar-refractivity contribution in [3.63, 3.8) is 0 Å². The van der Waals surface area contributed by atoms with Crippen molar-refractivity contribution in [3.8, 4) is 0 Å². The van der Waals surface area contributed by atoms with Crippen molar-refractivity contribution >= 4 is 0 Å². The minimum Gasteiger partial charge on any atom is -0.375 e. The van der Waals surface area contributed by atoms with Crippen LogP contribution in [0, 0.1) is 0 Å². The van der Waals surface area contributed by atoms with Gasteiger partial charge >= 0.3 is 0 Å². The summed E-state index contributed by atoms with van der Waals surface area (Å²) >= 11 is 0. The minimum atomic E-state index is 0.00208. The summed E-state index contributed by atoms with van der Waals surface area (Å²) < 4.78 is 7.67. The third-order valence-corrected chi connectivity index (χ3v) is 3.49. The standard InChI is InChI=1S/C13H23N3O/c1-10(12-5-7-14-16(12)4)15-11-6-8-17-13(2,3)9-11/h5,7,10-11,15H,6,8-9H2,1-4H3. The number of nitrogens with one attached hydrogen (secondary N) is 1. The average Bonchev–Trinajstić information content (AvgIpc) is 2.62. The van der Waals surface area contributed by atoms with Crippen molar-refractivity contribution < 1.29 is 4.74 Å². The Labute approximate surface area is 103 Å². The first-order chi connectivity index (χ1) is 7.98. The molecule has 0 spiro atoms. The topological polar surface area (TPSA) is 39.1 Å². The molecule has 0 saturated carbocycles. The van der Waals surface area contributed by atoms with Crippen molar-refractivity contribution in [2.24, 2.45) is 7.05 Å². The second-order valence-corrected chi connectivity index (χ2v) is 5.57. The summed E-state index contributed by atoms with van der Waals surface area (Å²) in [6.45, 7) is 7.37. The molecule has 1 aromatic rings. The molecule has 17 heavy (non-hydrogen) atoms. The fourth-order valence-corrected chi connectivity index (χ4v) is 2.62. The van der Waals surface area contributed by atoms with Crippen LogP contribution in [0.15, 0.2) is 12.3 Å². The molecule has 0 radical (unpaired) electrons. The summed E-state index contributed by atoms with van der Waals surface area (Å²) in [4.78, 5) is 0. The molecule has 0 amide bonds. The molecule has 4 nitrogen and oxygen atoms in total. The summed E-state index contributed by atoms with van der Waals surface area (Å²) in [6, 6.07) is 2.94. The molecule has 1 N–H and O–H groups in total. The quantitative estimate of drug-likeness (QED) is 0.874. The van der Waals surface area contributed by atoms with Crippen LogP contribution in [0.3, 0.4) is 0 Å². The van der Waals surface area contributed by atoms with E-state index in [2.05, 4.69) is 37.3 Å². The second-order valence-electron chi connectivity index (χ2n) is 5.57. The van der Waals surface area contributed by atoms with Gasteiger partial charge in [-0.15, -0.1) is 0 Å². The van der Waals surface area contributed by atoms with Gasteiger partial charge in [-0.2, -0.15) is 5.10 Å². The predicted molar refractivity (Wildman–Crippen MR) is 67.8 cm³/mol. The molecule has 1 aliphatic heterocycles. The maximum Gasteiger partial charge on any atom is 0.0641 e. The van der Waals surface area contributed by atoms with E-state index in [0.29, 0.717) is 12.1 Å². The van der Waals surface area contributed by atoms with Gasteiger partial charge in [-0.05, 0) is 39.7 Å². The van der Waals surface area contributed by atoms with E-state index in [1.165, 1.54) is 5.69 Å². The number of ether oxygens (including phenoxy) is 1. The maximum atomic E-state index is 5.73. The molecule has 2 atom stereocenters. The molecule has 2 rings (SSSR count). The van der Waals surface area contributed by atoms with Gasteiger partial charge in [-0.1, -0.05) is 0 Å². The molecule has 2 heterocycles. The van der Waals surface area contributed by atoms with E-state index >= 15 is 0 Å². The van der Waals surface area contributed by atoms with Crippen molar-refractivity contribution in [2.75, 3.05) is 6.61 Å². The zero-order chi connectivity index (χ0) is 12.5. The number of hydrogen-bond donors (Lipinski definition) is 1. The SMILES string of the molecule is CC(NC1CCOC(C)(C)C1)c1ccnn1C. The summed E-state index contributed by atoms with van der Waals surface area (Å²) in [5.74, 6) is 0. The lowest BCUT2D eigenvalue weighted by atomic mass is 9.93. The molecule has 0 aromatic carbocycles. The molecule has 1 fully saturated rings. The van der Waals surface area contributed by atoms with Crippen LogP contribution in [-0.4, -0.2) is 28.0 Å². The molecule has 96 valence electrons. The molecular formula is C13H23N3O. The van der Waals surface area contributed by atoms with Gasteiger partial charge in [0.1, 0.15) is 0 Å². The molecule has 0 bridgehead atoms. The minimum absolute atomic E-state index is 0.00208. The Hall–Kier alpha value is -0.870. The van der Waals surface area contributed by atoms with Gasteiger partial charge in [0.05, 0.1) is 11.3 Å². The zero-order valence-corrected chi connectivity index (χ0v) is 11.2. The molecular weight excluding hydrogens is 214 g/mol. The highest BCUT2D eigenvalue weighted by Gasteiger charge is 2.29. The maximum absolute atomic E-state index is 5.73. The largest absolute Gasteiger partial charge is 0.375 e. The number of nitrogens with zero attached hydrogens (tertiary/aromatic N) is 2. The van der Waals surface area contributed by atoms with Crippen molar-refractivity contribution in [1.82, 2.24) is 15.1 Å². The number of hydrogen-bond acceptors (Lipinski definition) is 3. The zero-order valence-electron chi connectivity index (χ0n) is 11.2. The highest BCUT2D eigenvalue weighted by molar-refractivity contribution is 5.06. The number of rotatable bonds is 3. The van der Waals surface area contributed by atoms with E-state index in [0.717, 1.165) is 19.4 Å². The van der Waals surface area contributed by atoms with Crippen LogP contribution in [0.4, 0.5) is 0 Å². The lowest BCUT2D eigenvalue weighted by Crippen LogP contribution is -2.44. The van der Waals surface area contributed by atoms with Gasteiger partial charge < -0.3 is 10.1 Å². The van der Waals surface area contributed by atoms with Crippen LogP contribution in [-0.2, 0) is 11.8 Å². The summed E-state index contributed by atoms with van der Waals surface area (Å²) in [6.07, 6.45) is 4.00. The molecule has 4 heteroatoms. The fraction of sp³-hybridized carbons (Fsp3) is 0.769. The lowest BCUT2D eigenvalue weighted by Gasteiger charge is -2.37. The number of aryl methyl sites for hydroxylation is 1. The fourth-order valence-electron chi connectivity index (χ4n) is 2.62. The normalized spacial score (nSPS) is 25.8. The van der Waals surface area contributed by atoms with Gasteiger partial charge in [0.2, 0.25) is 0 Å². The first-order valence-corrected chi connectivity index (χ1v) is 6.36. The van der Waals surface area contributed by atoms with E-state index in [-0.39, 0.29) is 5.60 Å². The van der Waals surface area contributed by atoms with Gasteiger partial charge in [-0.3, -0.25) is 4.68 Å². The number of aromatic nitrogens is 2. The Morgan fingerprint density at radius 3 is 2.94 bits per heavy atom. The van der Waals surface area contributed by atoms with Crippen LogP contribution in [0.5, 0.6) is 0 Å². The van der Waals surface area contributed by atoms with Crippen molar-refractivity contribution in [3.05, 3.63) is 18.0 Å². The van der Waals surface area contributed by atoms with E-state index in [1.807, 2.05) is 17.9 Å². The third-order valence-electron chi connectivity index (χ3n) is 3.49. The first-order valence-electron chi connectivity index (χ1n) is 6.36. The van der Waals surface area contributed by atoms with Crippen LogP contribution in [0.25, 0.3) is 0 Å². The van der Waals surface area contributed by atoms with Gasteiger partial charge in [0.15, 0.2) is 0 Å². The van der Waals surface area contributed by atoms with Crippen LogP contribution in [0.2, 0.25) is 0 Å². The van der Waals surface area contributed by atoms with Crippen molar-refractivity contribution in [1.29, 1.82) is 0 Å². The summed E-state index contributed by atoms with van der Waals surface area (Å²) in [5.41, 5.74) is 1.23. The molecule has 1 aliphatic rings. The second kappa shape index (κ2) is 4.78. The van der Waals surface area contributed by atoms with E-state index in [1.54, 1.807) is 0 Å². The lowest BCUT2D eigenvalue weighted by molar-refractivity contribution is -0.0640. The predicted octanol–water partition coefficient (Wildman–Crippen LogP) is 2.03. The third kappa shape index (κ3) is 3.07. The summed E-state index contributed by atoms with van der Waals surface area (Å²) in [5, 5.41) is 7.89. The van der Waals surface area contributed by atoms with Crippen molar-refractivity contribution in [2.45, 2.75) is 51.3 Å². The molecule has 2 unspecified atom stereocenters. The Bertz CT molecular complexity index is 372. The van der Waals surface area contributed by atoms with Gasteiger partial charge in [-0.25, -0.2) is 0 Å². The molecule has 1 saturated heterocycles. The van der Waals surface area contributed by atoms with Crippen LogP contribution < -0.4 is 5.32 Å². The Morgan fingerprint density at radius 2 is 2.35 bits per heavy atom. The summed E-state index contributed by atoms with van der Waals surface area (Å²) in [7, 11) is 1.99. The van der Waals surface area contributed by atoms with E-state index in [9.17, 15) is 0 Å². The van der Waals surface area contributed by atoms with Gasteiger partial charge in [0.25, 0.3) is 0 Å². The molecule has 0 aliphatic carbocycles. The van der Waals surface area contributed by atoms with E-state index in [4.69, 9.17) is 4.74 Å². The molecule has 1 aromatic heterocycles. The Balaban J connectivity index is 1.95. The van der Waals surface area contributed by atoms with Crippen LogP contribution in [0.1, 0.15) is 45.3 Å². The Kier molecular flexibility index (Phi) is 3.54. The van der Waals surface area contributed by atoms with E-state index < -0.39 is 0 Å². The monoisotopic (exact) mass is 237 g/mol. The van der Waals surface area contributed by atoms with Crippen LogP contribution >= 0.6 is 0 Å². The average molecular weight is 237 g/mol. The Morgan fingerprint density at radius 1 is 1.59 bits per heavy atom. The highest BCUT2D eigenvalue weighted by Crippen LogP contribution is 2.25. The smallest absolute Gasteiger partial charge is 0.0641 e. The van der Waals surface area contributed by atoms with Gasteiger partial charge in [0, 0.05) is 31.9 Å². The first kappa shape index (κ1) is 12.6. The highest BCUT2D eigenvalue weighted by atomic mass is 16.5.